The molecule has 0 N–H and O–H groups in total. The minimum atomic E-state index is -0.942. The molecule has 2 atom stereocenters. The number of carbonyl (C=O) groups is 2. The molecule has 0 spiro atoms. The molecule has 1 aromatic carbocycles. The first-order valence-electron chi connectivity index (χ1n) is 8.12. The molecule has 1 fully saturated rings. The number of ether oxygens (including phenoxy) is 1. The van der Waals surface area contributed by atoms with Gasteiger partial charge in [0.1, 0.15) is 11.2 Å². The number of hydrogen-bond donors (Lipinski definition) is 0. The van der Waals surface area contributed by atoms with Gasteiger partial charge in [0, 0.05) is 25.9 Å². The smallest absolute Gasteiger partial charge is 0.267 e. The van der Waals surface area contributed by atoms with E-state index >= 15 is 0 Å². The van der Waals surface area contributed by atoms with Crippen LogP contribution >= 0.6 is 11.6 Å². The second-order valence-electron chi connectivity index (χ2n) is 6.07. The van der Waals surface area contributed by atoms with Gasteiger partial charge < -0.3 is 9.64 Å². The van der Waals surface area contributed by atoms with Crippen molar-refractivity contribution < 1.29 is 18.7 Å². The average molecular weight is 365 g/mol. The first-order valence-corrected chi connectivity index (χ1v) is 8.55. The lowest BCUT2D eigenvalue weighted by Crippen LogP contribution is -2.39. The van der Waals surface area contributed by atoms with E-state index in [1.807, 2.05) is 0 Å². The van der Waals surface area contributed by atoms with Crippen LogP contribution in [0, 0.1) is 5.82 Å². The van der Waals surface area contributed by atoms with E-state index in [9.17, 15) is 14.0 Å². The van der Waals surface area contributed by atoms with Crippen molar-refractivity contribution >= 4 is 29.6 Å². The van der Waals surface area contributed by atoms with Gasteiger partial charge in [-0.2, -0.15) is 0 Å². The molecule has 0 radical (unpaired) electrons. The van der Waals surface area contributed by atoms with Gasteiger partial charge in [-0.05, 0) is 36.6 Å². The van der Waals surface area contributed by atoms with Crippen molar-refractivity contribution in [1.29, 1.82) is 0 Å². The normalized spacial score (nSPS) is 22.8. The largest absolute Gasteiger partial charge is 0.376 e. The van der Waals surface area contributed by atoms with E-state index in [0.29, 0.717) is 18.7 Å². The van der Waals surface area contributed by atoms with Crippen LogP contribution in [0.1, 0.15) is 18.4 Å². The Hall–Kier alpha value is -2.05. The van der Waals surface area contributed by atoms with Crippen LogP contribution in [0.3, 0.4) is 0 Å². The summed E-state index contributed by atoms with van der Waals surface area (Å²) in [6, 6.07) is 6.12. The Morgan fingerprint density at radius 2 is 2.28 bits per heavy atom. The third-order valence-corrected chi connectivity index (χ3v) is 4.45. The lowest BCUT2D eigenvalue weighted by molar-refractivity contribution is -0.128. The number of benzene rings is 1. The molecule has 0 saturated carbocycles. The molecule has 25 heavy (non-hydrogen) atoms. The number of amides is 2. The summed E-state index contributed by atoms with van der Waals surface area (Å²) in [5.74, 6) is -1.15. The minimum absolute atomic E-state index is 0.0490. The molecule has 1 aromatic rings. The molecule has 2 aliphatic heterocycles. The molecule has 0 aliphatic carbocycles. The summed E-state index contributed by atoms with van der Waals surface area (Å²) in [6.07, 6.45) is 4.41. The molecule has 2 heterocycles. The van der Waals surface area contributed by atoms with Gasteiger partial charge in [0.2, 0.25) is 0 Å². The lowest BCUT2D eigenvalue weighted by atomic mass is 10.1. The molecule has 3 rings (SSSR count). The standard InChI is InChI=1S/C18H18ClFN2O3/c19-16-8-13(9-21-17(16)23)18(24)22(11-15-5-2-6-25-15)10-12-3-1-4-14(20)7-12/h1,3-4,7-9,15-16H,2,5-6,10-11H2. The first kappa shape index (κ1) is 17.8. The zero-order chi connectivity index (χ0) is 17.8. The number of alkyl halides is 1. The lowest BCUT2D eigenvalue weighted by Gasteiger charge is -2.26. The Bertz CT molecular complexity index is 729. The second-order valence-corrected chi connectivity index (χ2v) is 6.54. The molecule has 132 valence electrons. The fraction of sp³-hybridized carbons (Fsp3) is 0.389. The van der Waals surface area contributed by atoms with Crippen molar-refractivity contribution in [2.24, 2.45) is 4.99 Å². The summed E-state index contributed by atoms with van der Waals surface area (Å²) < 4.78 is 19.1. The van der Waals surface area contributed by atoms with Crippen LogP contribution in [-0.4, -0.2) is 47.6 Å². The molecule has 2 aliphatic rings. The Labute approximate surface area is 150 Å². The zero-order valence-electron chi connectivity index (χ0n) is 13.5. The number of nitrogens with zero attached hydrogens (tertiary/aromatic N) is 2. The Morgan fingerprint density at radius 3 is 2.96 bits per heavy atom. The third kappa shape index (κ3) is 4.52. The predicted octanol–water partition coefficient (Wildman–Crippen LogP) is 2.48. The van der Waals surface area contributed by atoms with Crippen molar-refractivity contribution in [2.75, 3.05) is 13.2 Å². The molecule has 0 bridgehead atoms. The van der Waals surface area contributed by atoms with E-state index in [0.717, 1.165) is 12.8 Å². The molecular formula is C18H18ClFN2O3. The highest BCUT2D eigenvalue weighted by Gasteiger charge is 2.27. The van der Waals surface area contributed by atoms with Gasteiger partial charge in [0.05, 0.1) is 11.7 Å². The number of carbonyl (C=O) groups excluding carboxylic acids is 2. The average Bonchev–Trinajstić information content (AvgIpc) is 3.09. The summed E-state index contributed by atoms with van der Waals surface area (Å²) in [7, 11) is 0. The van der Waals surface area contributed by atoms with Gasteiger partial charge >= 0.3 is 0 Å². The van der Waals surface area contributed by atoms with Crippen molar-refractivity contribution in [1.82, 2.24) is 4.90 Å². The predicted molar refractivity (Wildman–Crippen MR) is 92.0 cm³/mol. The van der Waals surface area contributed by atoms with Gasteiger partial charge in [-0.25, -0.2) is 9.38 Å². The molecule has 5 nitrogen and oxygen atoms in total. The second kappa shape index (κ2) is 7.89. The maximum absolute atomic E-state index is 13.5. The van der Waals surface area contributed by atoms with Crippen molar-refractivity contribution in [2.45, 2.75) is 30.9 Å². The van der Waals surface area contributed by atoms with Crippen LogP contribution in [0.5, 0.6) is 0 Å². The number of dihydropyridines is 1. The number of hydrogen-bond acceptors (Lipinski definition) is 3. The van der Waals surface area contributed by atoms with Crippen LogP contribution in [0.4, 0.5) is 4.39 Å². The monoisotopic (exact) mass is 364 g/mol. The van der Waals surface area contributed by atoms with Crippen LogP contribution in [0.15, 0.2) is 40.9 Å². The van der Waals surface area contributed by atoms with Crippen molar-refractivity contribution in [3.8, 4) is 0 Å². The van der Waals surface area contributed by atoms with Crippen molar-refractivity contribution in [3.05, 3.63) is 47.3 Å². The zero-order valence-corrected chi connectivity index (χ0v) is 14.3. The van der Waals surface area contributed by atoms with E-state index in [1.54, 1.807) is 17.0 Å². The molecular weight excluding hydrogens is 347 g/mol. The maximum Gasteiger partial charge on any atom is 0.267 e. The topological polar surface area (TPSA) is 59.0 Å². The highest BCUT2D eigenvalue weighted by atomic mass is 35.5. The summed E-state index contributed by atoms with van der Waals surface area (Å²) >= 11 is 5.88. The van der Waals surface area contributed by atoms with Gasteiger partial charge in [0.15, 0.2) is 0 Å². The highest BCUT2D eigenvalue weighted by molar-refractivity contribution is 6.35. The summed E-state index contributed by atoms with van der Waals surface area (Å²) in [4.78, 5) is 29.5. The fourth-order valence-corrected chi connectivity index (χ4v) is 3.09. The number of aliphatic imine (C=N–C) groups is 1. The van der Waals surface area contributed by atoms with E-state index in [2.05, 4.69) is 4.99 Å². The van der Waals surface area contributed by atoms with Crippen molar-refractivity contribution in [3.63, 3.8) is 0 Å². The number of rotatable bonds is 5. The molecule has 1 saturated heterocycles. The van der Waals surface area contributed by atoms with E-state index in [-0.39, 0.29) is 29.9 Å². The van der Waals surface area contributed by atoms with E-state index < -0.39 is 11.3 Å². The molecule has 2 amide bonds. The highest BCUT2D eigenvalue weighted by Crippen LogP contribution is 2.19. The van der Waals surface area contributed by atoms with Crippen LogP contribution in [0.25, 0.3) is 0 Å². The third-order valence-electron chi connectivity index (χ3n) is 4.14. The Morgan fingerprint density at radius 1 is 1.44 bits per heavy atom. The van der Waals surface area contributed by atoms with Crippen LogP contribution in [0.2, 0.25) is 0 Å². The van der Waals surface area contributed by atoms with Gasteiger partial charge in [-0.3, -0.25) is 9.59 Å². The Kier molecular flexibility index (Phi) is 5.60. The maximum atomic E-state index is 13.5. The quantitative estimate of drug-likeness (QED) is 0.754. The summed E-state index contributed by atoms with van der Waals surface area (Å²) in [5, 5.41) is -0.942. The SMILES string of the molecule is O=C1N=CC(C(=O)N(Cc2cccc(F)c2)CC2CCCO2)=CC1Cl. The number of halogens is 2. The van der Waals surface area contributed by atoms with E-state index in [4.69, 9.17) is 16.3 Å². The molecule has 7 heteroatoms. The summed E-state index contributed by atoms with van der Waals surface area (Å²) in [6.45, 7) is 1.30. The van der Waals surface area contributed by atoms with Gasteiger partial charge in [-0.1, -0.05) is 12.1 Å². The molecule has 0 aromatic heterocycles. The van der Waals surface area contributed by atoms with E-state index in [1.165, 1.54) is 24.4 Å². The first-order chi connectivity index (χ1) is 12.0. The minimum Gasteiger partial charge on any atom is -0.376 e. The molecule has 2 unspecified atom stereocenters. The van der Waals surface area contributed by atoms with Crippen LogP contribution < -0.4 is 0 Å². The van der Waals surface area contributed by atoms with Gasteiger partial charge in [0.25, 0.3) is 11.8 Å². The fourth-order valence-electron chi connectivity index (χ4n) is 2.89. The van der Waals surface area contributed by atoms with Crippen LogP contribution in [-0.2, 0) is 20.9 Å². The summed E-state index contributed by atoms with van der Waals surface area (Å²) in [5.41, 5.74) is 0.937. The Balaban J connectivity index is 1.79. The van der Waals surface area contributed by atoms with Gasteiger partial charge in [-0.15, -0.1) is 11.6 Å².